The molecular formula is C82H106Cl2N8O26S. The second-order valence-corrected chi connectivity index (χ2v) is 34.4. The number of aromatic hydroxyl groups is 3. The second kappa shape index (κ2) is 40.2. The third-order valence-corrected chi connectivity index (χ3v) is 24.1. The molecule has 11 bridgehead atoms. The number of halogens is 2. The predicted octanol–water partition coefficient (Wildman–Crippen LogP) is 5.67. The van der Waals surface area contributed by atoms with Crippen LogP contribution in [0.25, 0.3) is 11.1 Å². The number of nitrogens with one attached hydrogen (secondary N) is 6. The van der Waals surface area contributed by atoms with Crippen LogP contribution < -0.4 is 57.0 Å². The van der Waals surface area contributed by atoms with Crippen molar-refractivity contribution < 1.29 is 126 Å². The van der Waals surface area contributed by atoms with Gasteiger partial charge in [-0.2, -0.15) is 0 Å². The van der Waals surface area contributed by atoms with Crippen molar-refractivity contribution in [1.29, 1.82) is 0 Å². The Labute approximate surface area is 697 Å². The number of sulfonamides is 1. The van der Waals surface area contributed by atoms with Crippen LogP contribution in [0.1, 0.15) is 195 Å². The van der Waals surface area contributed by atoms with Gasteiger partial charge in [0.1, 0.15) is 77.4 Å². The maximum atomic E-state index is 16.5. The summed E-state index contributed by atoms with van der Waals surface area (Å²) in [6.45, 7) is 8.89. The minimum Gasteiger partial charge on any atom is -0.507 e. The van der Waals surface area contributed by atoms with Crippen molar-refractivity contribution in [2.24, 2.45) is 29.2 Å². The number of carboxylic acid groups (broad SMARTS) is 1. The smallest absolute Gasteiger partial charge is 0.330 e. The number of carbonyl (C=O) groups excluding carboxylic acids is 7. The van der Waals surface area contributed by atoms with Gasteiger partial charge in [0, 0.05) is 73.5 Å². The Balaban J connectivity index is 1.16. The first-order valence-corrected chi connectivity index (χ1v) is 42.2. The fourth-order valence-electron chi connectivity index (χ4n) is 15.5. The number of ether oxygens (including phenoxy) is 6. The summed E-state index contributed by atoms with van der Waals surface area (Å²) in [6, 6.07) is 4.48. The number of carboxylic acids is 1. The molecule has 20 N–H and O–H groups in total. The lowest BCUT2D eigenvalue weighted by Crippen LogP contribution is -2.64. The molecule has 7 aliphatic rings. The van der Waals surface area contributed by atoms with E-state index in [1.165, 1.54) is 32.0 Å². The third kappa shape index (κ3) is 22.3. The first-order valence-electron chi connectivity index (χ1n) is 39.8. The van der Waals surface area contributed by atoms with E-state index in [4.69, 9.17) is 63.1 Å². The van der Waals surface area contributed by atoms with Crippen LogP contribution in [0.2, 0.25) is 10.0 Å². The number of ketones is 2. The molecule has 5 amide bonds. The lowest BCUT2D eigenvalue weighted by molar-refractivity contribution is -0.333. The van der Waals surface area contributed by atoms with E-state index in [0.717, 1.165) is 93.1 Å². The number of nitrogens with two attached hydrogens (primary N) is 2. The van der Waals surface area contributed by atoms with Gasteiger partial charge < -0.3 is 118 Å². The van der Waals surface area contributed by atoms with E-state index in [-0.39, 0.29) is 70.6 Å². The zero-order chi connectivity index (χ0) is 86.8. The Kier molecular flexibility index (Phi) is 31.2. The highest BCUT2D eigenvalue weighted by molar-refractivity contribution is 7.89. The van der Waals surface area contributed by atoms with Gasteiger partial charge in [-0.05, 0) is 116 Å². The van der Waals surface area contributed by atoms with Gasteiger partial charge in [-0.15, -0.1) is 0 Å². The Morgan fingerprint density at radius 2 is 1.35 bits per heavy atom. The van der Waals surface area contributed by atoms with E-state index in [0.29, 0.717) is 19.3 Å². The van der Waals surface area contributed by atoms with Crippen LogP contribution in [-0.2, 0) is 69.1 Å². The fourth-order valence-corrected chi connectivity index (χ4v) is 17.1. The molecule has 0 aromatic heterocycles. The fraction of sp³-hybridized carbons (Fsp3) is 0.537. The molecule has 12 rings (SSSR count). The zero-order valence-corrected chi connectivity index (χ0v) is 68.9. The van der Waals surface area contributed by atoms with Gasteiger partial charge >= 0.3 is 5.97 Å². The maximum absolute atomic E-state index is 16.5. The van der Waals surface area contributed by atoms with E-state index in [9.17, 15) is 73.9 Å². The lowest BCUT2D eigenvalue weighted by Gasteiger charge is -2.47. The number of phenols is 3. The molecule has 7 heterocycles. The molecule has 37 heteroatoms. The predicted molar refractivity (Wildman–Crippen MR) is 429 cm³/mol. The highest BCUT2D eigenvalue weighted by Gasteiger charge is 2.52. The van der Waals surface area contributed by atoms with Crippen LogP contribution in [0.3, 0.4) is 0 Å². The summed E-state index contributed by atoms with van der Waals surface area (Å²) >= 11 is 14.3. The first-order chi connectivity index (χ1) is 56.3. The summed E-state index contributed by atoms with van der Waals surface area (Å²) in [5.74, 6) is -19.8. The molecule has 650 valence electrons. The van der Waals surface area contributed by atoms with Crippen LogP contribution in [0.15, 0.2) is 72.8 Å². The molecule has 2 saturated heterocycles. The molecule has 5 aromatic carbocycles. The molecule has 2 fully saturated rings. The number of hydrogen-bond donors (Lipinski definition) is 18. The minimum absolute atomic E-state index is 0.0342. The largest absolute Gasteiger partial charge is 0.507 e. The number of aliphatic hydroxyl groups is 6. The normalized spacial score (nSPS) is 27.1. The van der Waals surface area contributed by atoms with E-state index < -0.39 is 266 Å². The van der Waals surface area contributed by atoms with E-state index in [1.54, 1.807) is 6.92 Å². The van der Waals surface area contributed by atoms with Crippen LogP contribution in [0.5, 0.6) is 46.0 Å². The van der Waals surface area contributed by atoms with Crippen LogP contribution in [0, 0.1) is 17.8 Å². The summed E-state index contributed by atoms with van der Waals surface area (Å²) in [6.07, 6.45) is -12.8. The first kappa shape index (κ1) is 92.4. The Morgan fingerprint density at radius 1 is 0.723 bits per heavy atom. The molecule has 5 aromatic rings. The molecular weight excluding hydrogens is 1620 g/mol. The second-order valence-electron chi connectivity index (χ2n) is 31.7. The van der Waals surface area contributed by atoms with E-state index in [1.807, 2.05) is 13.8 Å². The summed E-state index contributed by atoms with van der Waals surface area (Å²) in [5.41, 5.74) is 7.88. The standard InChI is InChI=1S/C82H106Cl2N8O26S/c1-7-9-10-11-12-13-14-15-24-119(111,112)88-23-22-87-36-49-53(95)34-48-63(70(49)101)47-26-41(16-19-52(47)94)46-33-55(97)64-44-30-58(114-56-20-17-42(27-50(56)83)68(99)66(91-76(105)40(8-2)25-38(3)4)54(96)29-45(32-61(85)98)77(106)89-64)73(118-81-74(72(103)71(102)60(37-93)116-81)117-62-35-82(6,86)75(104)39(5)113-62)59(31-44)115-57-21-18-43(28-51(57)84)69(100)67(92-78(46)107)79(108)90-65(48)80(109)110/h16-21,26-28,30-31,34,38-40,45-46,60,62,64-69,71-72,74-75,81,87-88,93-95,99-104H,7-15,22-25,29,32-33,35-37,86H2,1-6H3,(H2,85,98)(H,89,106)(H,90,108)(H,91,105)(H,92,107)(H,109,110)/t39-,40+,45-,46+,60+,62-,64+,65-,66-,67-,68+,69+,71+,72-,74+,75+,81-,82-/m0/s1. The molecule has 0 saturated carbocycles. The zero-order valence-electron chi connectivity index (χ0n) is 66.6. The number of rotatable bonds is 28. The van der Waals surface area contributed by atoms with Gasteiger partial charge in [0.2, 0.25) is 51.6 Å². The number of unbranched alkanes of at least 4 members (excludes halogenated alkanes) is 7. The maximum Gasteiger partial charge on any atom is 0.330 e. The van der Waals surface area contributed by atoms with Crippen molar-refractivity contribution in [2.75, 3.05) is 25.4 Å². The number of aliphatic carboxylic acids is 1. The van der Waals surface area contributed by atoms with Crippen molar-refractivity contribution in [1.82, 2.24) is 31.3 Å². The van der Waals surface area contributed by atoms with Crippen molar-refractivity contribution in [2.45, 2.75) is 235 Å². The van der Waals surface area contributed by atoms with Gasteiger partial charge in [0.15, 0.2) is 41.5 Å². The van der Waals surface area contributed by atoms with Gasteiger partial charge in [0.05, 0.1) is 52.0 Å². The molecule has 119 heavy (non-hydrogen) atoms. The van der Waals surface area contributed by atoms with Crippen molar-refractivity contribution in [3.8, 4) is 57.1 Å². The van der Waals surface area contributed by atoms with Crippen molar-refractivity contribution in [3.05, 3.63) is 116 Å². The van der Waals surface area contributed by atoms with Crippen LogP contribution in [-0.4, -0.2) is 199 Å². The number of phenolic OH excluding ortho intramolecular Hbond substituents is 3. The average Bonchev–Trinajstić information content (AvgIpc) is 0.749. The Hall–Kier alpha value is -8.89. The number of carbonyl (C=O) groups is 8. The average molecular weight is 1720 g/mol. The highest BCUT2D eigenvalue weighted by atomic mass is 35.5. The van der Waals surface area contributed by atoms with Crippen molar-refractivity contribution in [3.63, 3.8) is 0 Å². The number of primary amides is 1. The molecule has 0 spiro atoms. The summed E-state index contributed by atoms with van der Waals surface area (Å²) in [5, 5.41) is 130. The molecule has 7 aliphatic heterocycles. The molecule has 0 unspecified atom stereocenters. The number of aliphatic hydroxyl groups excluding tert-OH is 6. The summed E-state index contributed by atoms with van der Waals surface area (Å²) in [4.78, 5) is 120. The Bertz CT molecular complexity index is 4670. The van der Waals surface area contributed by atoms with E-state index >= 15 is 24.0 Å². The molecule has 0 aliphatic carbocycles. The SMILES string of the molecule is CCCCCCCCCCS(=O)(=O)NCCNCc1c(O)cc2c(c1O)-c1cc(ccc1O)[C@H]1CC(=O)[C@@H]3NC(=O)[C@H](CC(N)=O)CC(=O)[C@H](NC(=O)[C@H](CC)CC(C)C)[C@H](O)c4ccc(c(Cl)c4)Oc4cc3cc(c4O[C@@H]3O[C@H](CO)[C@@H](O)[C@H](O)[C@H]3O[C@H]3C[C@](C)(N)[C@H](O)[C@H](C)O3)Oc3ccc(cc3Cl)[C@@H](O)[C@H](NC1=O)C(=O)N[C@@H]2C(=O)O. The quantitative estimate of drug-likeness (QED) is 0.0268. The monoisotopic (exact) mass is 1720 g/mol. The number of amides is 5. The van der Waals surface area contributed by atoms with Gasteiger partial charge in [-0.1, -0.05) is 114 Å². The van der Waals surface area contributed by atoms with Gasteiger partial charge in [-0.3, -0.25) is 33.6 Å². The minimum atomic E-state index is -3.75. The molecule has 0 radical (unpaired) electrons. The third-order valence-electron chi connectivity index (χ3n) is 22.1. The van der Waals surface area contributed by atoms with Gasteiger partial charge in [0.25, 0.3) is 0 Å². The highest BCUT2D eigenvalue weighted by Crippen LogP contribution is 2.51. The number of Topliss-reactive ketones (excluding diaryl/α,β-unsaturated/α-hetero) is 2. The topological polar surface area (TPSA) is 553 Å². The molecule has 34 nitrogen and oxygen atoms in total. The van der Waals surface area contributed by atoms with E-state index in [2.05, 4.69) is 38.2 Å². The Morgan fingerprint density at radius 3 is 1.95 bits per heavy atom. The number of benzene rings is 5. The summed E-state index contributed by atoms with van der Waals surface area (Å²) in [7, 11) is -3.75. The van der Waals surface area contributed by atoms with Crippen LogP contribution in [0.4, 0.5) is 0 Å². The van der Waals surface area contributed by atoms with Crippen LogP contribution >= 0.6 is 23.2 Å². The lowest BCUT2D eigenvalue weighted by atomic mass is 9.84. The number of hydrogen-bond acceptors (Lipinski definition) is 27. The van der Waals surface area contributed by atoms with Gasteiger partial charge in [-0.25, -0.2) is 17.9 Å². The summed E-state index contributed by atoms with van der Waals surface area (Å²) < 4.78 is 67.3. The van der Waals surface area contributed by atoms with Crippen molar-refractivity contribution >= 4 is 80.3 Å². The molecule has 18 atom stereocenters. The number of fused-ring (bicyclic) bond motifs is 15.